The van der Waals surface area contributed by atoms with Gasteiger partial charge in [-0.05, 0) is 25.0 Å². The normalized spacial score (nSPS) is 15.7. The molecule has 1 heterocycles. The lowest BCUT2D eigenvalue weighted by Crippen LogP contribution is -2.40. The fourth-order valence-electron chi connectivity index (χ4n) is 1.74. The molecule has 4 nitrogen and oxygen atoms in total. The molecule has 4 heteroatoms. The van der Waals surface area contributed by atoms with Crippen molar-refractivity contribution in [2.45, 2.75) is 13.3 Å². The highest BCUT2D eigenvalue weighted by atomic mass is 16.5. The number of aryl methyl sites for hydroxylation is 1. The summed E-state index contributed by atoms with van der Waals surface area (Å²) >= 11 is 0. The minimum Gasteiger partial charge on any atom is -0.483 e. The fourth-order valence-corrected chi connectivity index (χ4v) is 1.74. The summed E-state index contributed by atoms with van der Waals surface area (Å²) in [5.41, 5.74) is 1.04. The number of carbonyl (C=O) groups excluding carboxylic acids is 1. The average Bonchev–Trinajstić information content (AvgIpc) is 2.38. The van der Waals surface area contributed by atoms with Crippen molar-refractivity contribution in [3.63, 3.8) is 0 Å². The molecule has 1 fully saturated rings. The van der Waals surface area contributed by atoms with Gasteiger partial charge in [0.15, 0.2) is 6.61 Å². The summed E-state index contributed by atoms with van der Waals surface area (Å²) in [6.07, 6.45) is 0.899. The number of hydrogen-bond acceptors (Lipinski definition) is 3. The number of benzene rings is 1. The van der Waals surface area contributed by atoms with Crippen LogP contribution in [0, 0.1) is 6.92 Å². The third-order valence-corrected chi connectivity index (χ3v) is 2.76. The lowest BCUT2D eigenvalue weighted by Gasteiger charge is -2.26. The molecule has 92 valence electrons. The van der Waals surface area contributed by atoms with E-state index in [4.69, 9.17) is 9.47 Å². The average molecular weight is 235 g/mol. The van der Waals surface area contributed by atoms with Gasteiger partial charge >= 0.3 is 0 Å². The molecule has 0 atom stereocenters. The predicted molar refractivity (Wildman–Crippen MR) is 63.8 cm³/mol. The van der Waals surface area contributed by atoms with E-state index in [0.717, 1.165) is 30.9 Å². The second-order valence-corrected chi connectivity index (χ2v) is 4.10. The largest absolute Gasteiger partial charge is 0.483 e. The van der Waals surface area contributed by atoms with Gasteiger partial charge in [-0.2, -0.15) is 0 Å². The van der Waals surface area contributed by atoms with Crippen LogP contribution in [0.5, 0.6) is 5.75 Å². The Morgan fingerprint density at radius 1 is 1.47 bits per heavy atom. The number of rotatable bonds is 3. The standard InChI is InChI=1S/C13H17NO3/c1-11-5-2-3-6-12(11)17-9-13(15)14-7-4-8-16-10-14/h2-3,5-6H,4,7-10H2,1H3. The Balaban J connectivity index is 1.85. The van der Waals surface area contributed by atoms with Gasteiger partial charge in [-0.25, -0.2) is 0 Å². The Bertz CT molecular complexity index is 386. The SMILES string of the molecule is Cc1ccccc1OCC(=O)N1CCCOC1. The molecular weight excluding hydrogens is 218 g/mol. The molecule has 0 saturated carbocycles. The molecule has 17 heavy (non-hydrogen) atoms. The van der Waals surface area contributed by atoms with Crippen LogP contribution in [-0.4, -0.2) is 37.3 Å². The van der Waals surface area contributed by atoms with Crippen LogP contribution >= 0.6 is 0 Å². The zero-order chi connectivity index (χ0) is 12.1. The van der Waals surface area contributed by atoms with Crippen molar-refractivity contribution in [2.75, 3.05) is 26.5 Å². The van der Waals surface area contributed by atoms with E-state index in [2.05, 4.69) is 0 Å². The second kappa shape index (κ2) is 5.68. The first kappa shape index (κ1) is 11.9. The Labute approximate surface area is 101 Å². The van der Waals surface area contributed by atoms with E-state index < -0.39 is 0 Å². The van der Waals surface area contributed by atoms with Crippen LogP contribution in [0.3, 0.4) is 0 Å². The summed E-state index contributed by atoms with van der Waals surface area (Å²) in [6, 6.07) is 7.68. The lowest BCUT2D eigenvalue weighted by molar-refractivity contribution is -0.142. The maximum Gasteiger partial charge on any atom is 0.262 e. The van der Waals surface area contributed by atoms with E-state index in [9.17, 15) is 4.79 Å². The van der Waals surface area contributed by atoms with E-state index in [0.29, 0.717) is 6.73 Å². The van der Waals surface area contributed by atoms with Crippen molar-refractivity contribution in [3.8, 4) is 5.75 Å². The Kier molecular flexibility index (Phi) is 3.98. The molecule has 1 aliphatic heterocycles. The number of amides is 1. The first-order chi connectivity index (χ1) is 8.27. The molecule has 0 radical (unpaired) electrons. The van der Waals surface area contributed by atoms with Crippen LogP contribution in [0.25, 0.3) is 0 Å². The summed E-state index contributed by atoms with van der Waals surface area (Å²) in [7, 11) is 0. The number of para-hydroxylation sites is 1. The molecule has 0 aromatic heterocycles. The molecule has 1 saturated heterocycles. The quantitative estimate of drug-likeness (QED) is 0.798. The first-order valence-corrected chi connectivity index (χ1v) is 5.81. The number of ether oxygens (including phenoxy) is 2. The summed E-state index contributed by atoms with van der Waals surface area (Å²) in [6.45, 7) is 3.92. The highest BCUT2D eigenvalue weighted by Gasteiger charge is 2.17. The topological polar surface area (TPSA) is 38.8 Å². The Morgan fingerprint density at radius 3 is 3.00 bits per heavy atom. The van der Waals surface area contributed by atoms with E-state index in [-0.39, 0.29) is 12.5 Å². The summed E-state index contributed by atoms with van der Waals surface area (Å²) in [4.78, 5) is 13.5. The van der Waals surface area contributed by atoms with Crippen LogP contribution in [-0.2, 0) is 9.53 Å². The highest BCUT2D eigenvalue weighted by Crippen LogP contribution is 2.16. The van der Waals surface area contributed by atoms with Crippen LogP contribution in [0.2, 0.25) is 0 Å². The van der Waals surface area contributed by atoms with Gasteiger partial charge in [0.25, 0.3) is 5.91 Å². The van der Waals surface area contributed by atoms with Gasteiger partial charge in [0.2, 0.25) is 0 Å². The molecule has 0 unspecified atom stereocenters. The van der Waals surface area contributed by atoms with Gasteiger partial charge in [0.1, 0.15) is 12.5 Å². The molecule has 0 aliphatic carbocycles. The predicted octanol–water partition coefficient (Wildman–Crippen LogP) is 1.58. The van der Waals surface area contributed by atoms with E-state index in [1.54, 1.807) is 4.90 Å². The lowest BCUT2D eigenvalue weighted by atomic mass is 10.2. The number of hydrogen-bond donors (Lipinski definition) is 0. The Morgan fingerprint density at radius 2 is 2.29 bits per heavy atom. The molecule has 0 bridgehead atoms. The van der Waals surface area contributed by atoms with Gasteiger partial charge in [-0.15, -0.1) is 0 Å². The highest BCUT2D eigenvalue weighted by molar-refractivity contribution is 5.77. The van der Waals surface area contributed by atoms with E-state index >= 15 is 0 Å². The van der Waals surface area contributed by atoms with E-state index in [1.807, 2.05) is 31.2 Å². The van der Waals surface area contributed by atoms with Gasteiger partial charge in [0.05, 0.1) is 6.61 Å². The molecular formula is C13H17NO3. The zero-order valence-electron chi connectivity index (χ0n) is 10.0. The Hall–Kier alpha value is -1.55. The van der Waals surface area contributed by atoms with Gasteiger partial charge in [0, 0.05) is 6.54 Å². The third-order valence-electron chi connectivity index (χ3n) is 2.76. The zero-order valence-corrected chi connectivity index (χ0v) is 10.0. The summed E-state index contributed by atoms with van der Waals surface area (Å²) < 4.78 is 10.7. The van der Waals surface area contributed by atoms with Crippen LogP contribution in [0.4, 0.5) is 0 Å². The third kappa shape index (κ3) is 3.20. The molecule has 1 aromatic rings. The monoisotopic (exact) mass is 235 g/mol. The minimum absolute atomic E-state index is 0.0204. The maximum atomic E-state index is 11.8. The number of carbonyl (C=O) groups is 1. The molecule has 1 aliphatic rings. The summed E-state index contributed by atoms with van der Waals surface area (Å²) in [5, 5.41) is 0. The van der Waals surface area contributed by atoms with Gasteiger partial charge in [-0.3, -0.25) is 4.79 Å². The van der Waals surface area contributed by atoms with E-state index in [1.165, 1.54) is 0 Å². The molecule has 1 amide bonds. The van der Waals surface area contributed by atoms with Crippen LogP contribution in [0.1, 0.15) is 12.0 Å². The smallest absolute Gasteiger partial charge is 0.262 e. The molecule has 1 aromatic carbocycles. The van der Waals surface area contributed by atoms with Crippen molar-refractivity contribution >= 4 is 5.91 Å². The van der Waals surface area contributed by atoms with Crippen molar-refractivity contribution in [1.29, 1.82) is 0 Å². The van der Waals surface area contributed by atoms with Crippen LogP contribution in [0.15, 0.2) is 24.3 Å². The van der Waals surface area contributed by atoms with Crippen LogP contribution < -0.4 is 4.74 Å². The molecule has 0 N–H and O–H groups in total. The van der Waals surface area contributed by atoms with Gasteiger partial charge in [-0.1, -0.05) is 18.2 Å². The summed E-state index contributed by atoms with van der Waals surface area (Å²) in [5.74, 6) is 0.742. The maximum absolute atomic E-state index is 11.8. The minimum atomic E-state index is -0.0204. The van der Waals surface area contributed by atoms with Crippen molar-refractivity contribution < 1.29 is 14.3 Å². The van der Waals surface area contributed by atoms with Crippen molar-refractivity contribution in [1.82, 2.24) is 4.90 Å². The van der Waals surface area contributed by atoms with Gasteiger partial charge < -0.3 is 14.4 Å². The molecule has 0 spiro atoms. The first-order valence-electron chi connectivity index (χ1n) is 5.81. The van der Waals surface area contributed by atoms with Crippen molar-refractivity contribution in [3.05, 3.63) is 29.8 Å². The molecule has 2 rings (SSSR count). The fraction of sp³-hybridized carbons (Fsp3) is 0.462. The van der Waals surface area contributed by atoms with Crippen molar-refractivity contribution in [2.24, 2.45) is 0 Å². The number of nitrogens with zero attached hydrogens (tertiary/aromatic N) is 1. The second-order valence-electron chi connectivity index (χ2n) is 4.10.